The van der Waals surface area contributed by atoms with Gasteiger partial charge in [-0.1, -0.05) is 6.07 Å². The third kappa shape index (κ3) is 5.77. The maximum atomic E-state index is 12.9. The van der Waals surface area contributed by atoms with Gasteiger partial charge in [0.1, 0.15) is 16.5 Å². The van der Waals surface area contributed by atoms with Crippen molar-refractivity contribution in [3.05, 3.63) is 52.9 Å². The van der Waals surface area contributed by atoms with Crippen molar-refractivity contribution in [2.45, 2.75) is 38.3 Å². The summed E-state index contributed by atoms with van der Waals surface area (Å²) < 4.78 is 50.5. The van der Waals surface area contributed by atoms with Gasteiger partial charge >= 0.3 is 13.8 Å². The van der Waals surface area contributed by atoms with Gasteiger partial charge in [-0.15, -0.1) is 11.3 Å². The highest BCUT2D eigenvalue weighted by Crippen LogP contribution is 2.48. The standard InChI is InChI=1S/C20H21F3N5O3PS/c1-12-7-13(9-14(8-12)26-19-24-5-4-16(27-19)20(21,22)23)15-10-25-17(33-15)11-28-6-2-3-18(28)32(29,30)31/h4-5,7-10,18H,2-3,6,11H2,1H3,(H,24,26,27)(H2,29,30,31). The quantitative estimate of drug-likeness (QED) is 0.416. The van der Waals surface area contributed by atoms with E-state index < -0.39 is 25.2 Å². The molecule has 1 aliphatic heterocycles. The minimum atomic E-state index is -4.57. The zero-order valence-electron chi connectivity index (χ0n) is 17.5. The summed E-state index contributed by atoms with van der Waals surface area (Å²) in [6, 6.07) is 6.26. The fraction of sp³-hybridized carbons (Fsp3) is 0.350. The van der Waals surface area contributed by atoms with Crippen molar-refractivity contribution < 1.29 is 27.5 Å². The molecule has 0 amide bonds. The summed E-state index contributed by atoms with van der Waals surface area (Å²) in [5.74, 6) is -0.948. The van der Waals surface area contributed by atoms with Crippen molar-refractivity contribution in [2.24, 2.45) is 0 Å². The van der Waals surface area contributed by atoms with Crippen LogP contribution in [0.3, 0.4) is 0 Å². The molecular formula is C20H21F3N5O3PS. The number of benzene rings is 1. The predicted molar refractivity (Wildman–Crippen MR) is 118 cm³/mol. The molecule has 2 aromatic heterocycles. The molecule has 3 N–H and O–H groups in total. The number of aromatic nitrogens is 3. The lowest BCUT2D eigenvalue weighted by Crippen LogP contribution is -2.28. The molecule has 1 fully saturated rings. The van der Waals surface area contributed by atoms with Gasteiger partial charge in [0.05, 0.1) is 11.4 Å². The van der Waals surface area contributed by atoms with Gasteiger partial charge in [-0.05, 0) is 55.6 Å². The first-order valence-electron chi connectivity index (χ1n) is 10.0. The third-order valence-electron chi connectivity index (χ3n) is 5.17. The van der Waals surface area contributed by atoms with Crippen LogP contribution in [0.1, 0.15) is 29.1 Å². The maximum absolute atomic E-state index is 12.9. The van der Waals surface area contributed by atoms with Crippen LogP contribution >= 0.6 is 18.9 Å². The van der Waals surface area contributed by atoms with E-state index in [2.05, 4.69) is 20.3 Å². The van der Waals surface area contributed by atoms with Crippen LogP contribution in [-0.4, -0.2) is 42.0 Å². The second-order valence-electron chi connectivity index (χ2n) is 7.78. The Morgan fingerprint density at radius 3 is 2.79 bits per heavy atom. The van der Waals surface area contributed by atoms with E-state index in [4.69, 9.17) is 0 Å². The van der Waals surface area contributed by atoms with Crippen LogP contribution in [0.2, 0.25) is 0 Å². The molecule has 1 atom stereocenters. The molecule has 1 saturated heterocycles. The van der Waals surface area contributed by atoms with Crippen LogP contribution in [0.5, 0.6) is 0 Å². The van der Waals surface area contributed by atoms with E-state index in [1.54, 1.807) is 23.2 Å². The molecule has 3 heterocycles. The maximum Gasteiger partial charge on any atom is 0.433 e. The normalized spacial score (nSPS) is 17.5. The number of rotatable bonds is 6. The van der Waals surface area contributed by atoms with Gasteiger partial charge in [-0.2, -0.15) is 13.2 Å². The lowest BCUT2D eigenvalue weighted by Gasteiger charge is -2.23. The highest BCUT2D eigenvalue weighted by atomic mass is 32.1. The number of nitrogens with one attached hydrogen (secondary N) is 1. The number of halogens is 3. The average molecular weight is 499 g/mol. The summed E-state index contributed by atoms with van der Waals surface area (Å²) >= 11 is 1.40. The van der Waals surface area contributed by atoms with Gasteiger partial charge in [0.2, 0.25) is 5.95 Å². The molecule has 1 aromatic carbocycles. The van der Waals surface area contributed by atoms with Gasteiger partial charge in [0.25, 0.3) is 0 Å². The molecule has 0 saturated carbocycles. The van der Waals surface area contributed by atoms with Crippen molar-refractivity contribution in [1.82, 2.24) is 19.9 Å². The molecular weight excluding hydrogens is 478 g/mol. The van der Waals surface area contributed by atoms with Crippen LogP contribution in [-0.2, 0) is 17.3 Å². The number of thiazole rings is 1. The Bertz CT molecular complexity index is 1200. The number of likely N-dealkylation sites (tertiary alicyclic amines) is 1. The predicted octanol–water partition coefficient (Wildman–Crippen LogP) is 4.77. The van der Waals surface area contributed by atoms with Crippen molar-refractivity contribution in [3.8, 4) is 10.4 Å². The Kier molecular flexibility index (Phi) is 6.56. The second-order valence-corrected chi connectivity index (χ2v) is 10.7. The Morgan fingerprint density at radius 2 is 2.06 bits per heavy atom. The summed E-state index contributed by atoms with van der Waals surface area (Å²) in [4.78, 5) is 33.5. The number of hydrogen-bond donors (Lipinski definition) is 3. The summed E-state index contributed by atoms with van der Waals surface area (Å²) in [6.07, 6.45) is -0.661. The second kappa shape index (κ2) is 9.11. The van der Waals surface area contributed by atoms with Crippen molar-refractivity contribution in [3.63, 3.8) is 0 Å². The minimum Gasteiger partial charge on any atom is -0.324 e. The molecule has 1 aliphatic rings. The Morgan fingerprint density at radius 1 is 1.27 bits per heavy atom. The van der Waals surface area contributed by atoms with Gasteiger partial charge in [-0.25, -0.2) is 15.0 Å². The topological polar surface area (TPSA) is 111 Å². The van der Waals surface area contributed by atoms with E-state index in [0.717, 1.165) is 39.7 Å². The van der Waals surface area contributed by atoms with Crippen LogP contribution < -0.4 is 5.32 Å². The average Bonchev–Trinajstić information content (AvgIpc) is 3.37. The van der Waals surface area contributed by atoms with Crippen molar-refractivity contribution >= 4 is 30.6 Å². The van der Waals surface area contributed by atoms with Gasteiger partial charge in [0, 0.05) is 18.1 Å². The van der Waals surface area contributed by atoms with E-state index in [1.165, 1.54) is 11.3 Å². The SMILES string of the molecule is Cc1cc(Nc2nccc(C(F)(F)F)n2)cc(-c2cnc(CN3CCCC3P(=O)(O)O)s2)c1. The van der Waals surface area contributed by atoms with E-state index in [0.29, 0.717) is 25.2 Å². The Hall–Kier alpha value is -2.37. The van der Waals surface area contributed by atoms with E-state index in [-0.39, 0.29) is 5.95 Å². The Balaban J connectivity index is 1.53. The molecule has 3 aromatic rings. The summed E-state index contributed by atoms with van der Waals surface area (Å²) in [6.45, 7) is 2.80. The number of nitrogens with zero attached hydrogens (tertiary/aromatic N) is 4. The number of anilines is 2. The lowest BCUT2D eigenvalue weighted by atomic mass is 10.1. The number of aryl methyl sites for hydroxylation is 1. The number of hydrogen-bond acceptors (Lipinski definition) is 7. The fourth-order valence-corrected chi connectivity index (χ4v) is 5.84. The zero-order chi connectivity index (χ0) is 23.8. The minimum absolute atomic E-state index is 0.163. The van der Waals surface area contributed by atoms with E-state index >= 15 is 0 Å². The van der Waals surface area contributed by atoms with Crippen LogP contribution in [0, 0.1) is 6.92 Å². The summed E-state index contributed by atoms with van der Waals surface area (Å²) in [5.41, 5.74) is 1.18. The van der Waals surface area contributed by atoms with Crippen LogP contribution in [0.4, 0.5) is 24.8 Å². The third-order valence-corrected chi connectivity index (χ3v) is 7.57. The fourth-order valence-electron chi connectivity index (χ4n) is 3.77. The van der Waals surface area contributed by atoms with Crippen LogP contribution in [0.15, 0.2) is 36.7 Å². The molecule has 13 heteroatoms. The monoisotopic (exact) mass is 499 g/mol. The smallest absolute Gasteiger partial charge is 0.324 e. The van der Waals surface area contributed by atoms with Crippen molar-refractivity contribution in [2.75, 3.05) is 11.9 Å². The zero-order valence-corrected chi connectivity index (χ0v) is 19.2. The molecule has 0 radical (unpaired) electrons. The molecule has 4 rings (SSSR count). The largest absolute Gasteiger partial charge is 0.433 e. The molecule has 33 heavy (non-hydrogen) atoms. The summed E-state index contributed by atoms with van der Waals surface area (Å²) in [5, 5.41) is 3.55. The van der Waals surface area contributed by atoms with Gasteiger partial charge in [0.15, 0.2) is 0 Å². The van der Waals surface area contributed by atoms with E-state index in [9.17, 15) is 27.5 Å². The highest BCUT2D eigenvalue weighted by molar-refractivity contribution is 7.52. The molecule has 0 spiro atoms. The molecule has 8 nitrogen and oxygen atoms in total. The van der Waals surface area contributed by atoms with Crippen molar-refractivity contribution in [1.29, 1.82) is 0 Å². The molecule has 0 aliphatic carbocycles. The van der Waals surface area contributed by atoms with E-state index in [1.807, 2.05) is 13.0 Å². The van der Waals surface area contributed by atoms with Gasteiger partial charge in [-0.3, -0.25) is 9.46 Å². The first kappa shape index (κ1) is 23.8. The molecule has 176 valence electrons. The Labute approximate surface area is 191 Å². The first-order valence-corrected chi connectivity index (χ1v) is 12.5. The lowest BCUT2D eigenvalue weighted by molar-refractivity contribution is -0.141. The first-order chi connectivity index (χ1) is 15.5. The summed E-state index contributed by atoms with van der Waals surface area (Å²) in [7, 11) is -4.21. The highest BCUT2D eigenvalue weighted by Gasteiger charge is 2.38. The molecule has 1 unspecified atom stereocenters. The molecule has 0 bridgehead atoms. The van der Waals surface area contributed by atoms with Gasteiger partial charge < -0.3 is 15.1 Å². The number of alkyl halides is 3. The van der Waals surface area contributed by atoms with Crippen LogP contribution in [0.25, 0.3) is 10.4 Å².